The summed E-state index contributed by atoms with van der Waals surface area (Å²) in [5.74, 6) is 0.151. The number of nitrogens with zero attached hydrogens (tertiary/aromatic N) is 1. The van der Waals surface area contributed by atoms with Gasteiger partial charge in [-0.25, -0.2) is 0 Å². The van der Waals surface area contributed by atoms with Crippen molar-refractivity contribution in [3.8, 4) is 5.75 Å². The molecule has 0 saturated carbocycles. The Morgan fingerprint density at radius 2 is 1.85 bits per heavy atom. The predicted molar refractivity (Wildman–Crippen MR) is 106 cm³/mol. The number of amides is 2. The molecule has 1 heterocycles. The van der Waals surface area contributed by atoms with Crippen LogP contribution in [-0.2, 0) is 11.2 Å². The smallest absolute Gasteiger partial charge is 0.260 e. The van der Waals surface area contributed by atoms with Crippen molar-refractivity contribution in [3.05, 3.63) is 64.3 Å². The highest BCUT2D eigenvalue weighted by Gasteiger charge is 2.23. The zero-order chi connectivity index (χ0) is 19.6. The van der Waals surface area contributed by atoms with Crippen molar-refractivity contribution in [2.75, 3.05) is 13.7 Å². The number of hydrogen-bond donors (Lipinski definition) is 1. The van der Waals surface area contributed by atoms with E-state index in [4.69, 9.17) is 16.3 Å². The number of aromatic nitrogens is 1. The number of likely N-dealkylation sites (N-methyl/N-ethyl adjacent to an activating group) is 1. The van der Waals surface area contributed by atoms with Crippen LogP contribution in [0.1, 0.15) is 28.5 Å². The minimum absolute atomic E-state index is 0.131. The molecule has 0 radical (unpaired) electrons. The average molecular weight is 385 g/mol. The summed E-state index contributed by atoms with van der Waals surface area (Å²) in [4.78, 5) is 30.2. The minimum atomic E-state index is -0.325. The van der Waals surface area contributed by atoms with Crippen molar-refractivity contribution < 1.29 is 14.3 Å². The molecule has 0 aliphatic heterocycles. The summed E-state index contributed by atoms with van der Waals surface area (Å²) in [7, 11) is 1.61. The third-order valence-corrected chi connectivity index (χ3v) is 4.86. The molecule has 3 rings (SSSR count). The maximum absolute atomic E-state index is 12.9. The first-order valence-corrected chi connectivity index (χ1v) is 9.07. The summed E-state index contributed by atoms with van der Waals surface area (Å²) in [6.45, 7) is 4.01. The van der Waals surface area contributed by atoms with Gasteiger partial charge in [0.1, 0.15) is 5.75 Å². The second-order valence-corrected chi connectivity index (χ2v) is 6.70. The van der Waals surface area contributed by atoms with Crippen molar-refractivity contribution in [3.63, 3.8) is 0 Å². The zero-order valence-electron chi connectivity index (χ0n) is 15.5. The number of aryl methyl sites for hydroxylation is 1. The molecule has 0 spiro atoms. The molecule has 6 heteroatoms. The van der Waals surface area contributed by atoms with E-state index < -0.39 is 0 Å². The highest BCUT2D eigenvalue weighted by atomic mass is 35.5. The number of carbonyl (C=O) groups excluding carboxylic acids is 2. The largest absolute Gasteiger partial charge is 0.497 e. The van der Waals surface area contributed by atoms with Gasteiger partial charge in [-0.1, -0.05) is 11.6 Å². The maximum Gasteiger partial charge on any atom is 0.260 e. The Morgan fingerprint density at radius 1 is 1.15 bits per heavy atom. The lowest BCUT2D eigenvalue weighted by atomic mass is 10.1. The Morgan fingerprint density at radius 3 is 2.48 bits per heavy atom. The van der Waals surface area contributed by atoms with Gasteiger partial charge in [-0.15, -0.1) is 0 Å². The number of imide groups is 1. The van der Waals surface area contributed by atoms with E-state index in [9.17, 15) is 9.59 Å². The van der Waals surface area contributed by atoms with Crippen LogP contribution < -0.4 is 4.74 Å². The van der Waals surface area contributed by atoms with E-state index in [-0.39, 0.29) is 18.2 Å². The molecule has 0 bridgehead atoms. The Kier molecular flexibility index (Phi) is 5.51. The Bertz CT molecular complexity index is 993. The van der Waals surface area contributed by atoms with Gasteiger partial charge in [0.05, 0.1) is 13.5 Å². The van der Waals surface area contributed by atoms with Gasteiger partial charge in [-0.2, -0.15) is 0 Å². The number of hydrogen-bond acceptors (Lipinski definition) is 3. The molecule has 5 nitrogen and oxygen atoms in total. The van der Waals surface area contributed by atoms with Gasteiger partial charge in [-0.05, 0) is 61.9 Å². The summed E-state index contributed by atoms with van der Waals surface area (Å²) in [6.07, 6.45) is 0.131. The molecular formula is C21H21ClN2O3. The number of carbonyl (C=O) groups is 2. The van der Waals surface area contributed by atoms with Crippen molar-refractivity contribution in [1.82, 2.24) is 9.88 Å². The standard InChI is InChI=1S/C21H21ClN2O3/c1-4-24(21(26)14-5-7-15(22)8-6-14)20(25)12-17-13(2)23-19-10-9-16(27-3)11-18(17)19/h5-11,23H,4,12H2,1-3H3. The van der Waals surface area contributed by atoms with Crippen LogP contribution >= 0.6 is 11.6 Å². The summed E-state index contributed by atoms with van der Waals surface area (Å²) in [5, 5.41) is 1.47. The predicted octanol–water partition coefficient (Wildman–Crippen LogP) is 4.37. The summed E-state index contributed by atoms with van der Waals surface area (Å²) in [5.41, 5.74) is 3.15. The first-order valence-electron chi connectivity index (χ1n) is 8.70. The van der Waals surface area contributed by atoms with Crippen molar-refractivity contribution in [2.24, 2.45) is 0 Å². The fourth-order valence-corrected chi connectivity index (χ4v) is 3.27. The number of methoxy groups -OCH3 is 1. The van der Waals surface area contributed by atoms with Gasteiger partial charge in [0.2, 0.25) is 5.91 Å². The quantitative estimate of drug-likeness (QED) is 0.710. The second kappa shape index (κ2) is 7.84. The lowest BCUT2D eigenvalue weighted by Gasteiger charge is -2.19. The third-order valence-electron chi connectivity index (χ3n) is 4.61. The molecule has 3 aromatic rings. The highest BCUT2D eigenvalue weighted by Crippen LogP contribution is 2.27. The Balaban J connectivity index is 1.89. The SMILES string of the molecule is CCN(C(=O)Cc1c(C)[nH]c2ccc(OC)cc12)C(=O)c1ccc(Cl)cc1. The van der Waals surface area contributed by atoms with Gasteiger partial charge in [0.15, 0.2) is 0 Å². The molecule has 0 aliphatic rings. The summed E-state index contributed by atoms with van der Waals surface area (Å²) < 4.78 is 5.29. The van der Waals surface area contributed by atoms with Gasteiger partial charge < -0.3 is 9.72 Å². The maximum atomic E-state index is 12.9. The number of halogens is 1. The number of nitrogens with one attached hydrogen (secondary N) is 1. The van der Waals surface area contributed by atoms with Crippen molar-refractivity contribution >= 4 is 34.3 Å². The van der Waals surface area contributed by atoms with Crippen LogP contribution in [0.3, 0.4) is 0 Å². The molecule has 1 aromatic heterocycles. The van der Waals surface area contributed by atoms with E-state index in [2.05, 4.69) is 4.98 Å². The Labute approximate surface area is 162 Å². The number of fused-ring (bicyclic) bond motifs is 1. The van der Waals surface area contributed by atoms with E-state index in [1.165, 1.54) is 4.90 Å². The first-order chi connectivity index (χ1) is 12.9. The molecule has 0 atom stereocenters. The van der Waals surface area contributed by atoms with Crippen LogP contribution in [0.4, 0.5) is 0 Å². The van der Waals surface area contributed by atoms with Gasteiger partial charge in [-0.3, -0.25) is 14.5 Å². The molecule has 0 fully saturated rings. The van der Waals surface area contributed by atoms with Gasteiger partial charge in [0, 0.05) is 33.7 Å². The molecule has 0 unspecified atom stereocenters. The second-order valence-electron chi connectivity index (χ2n) is 6.27. The lowest BCUT2D eigenvalue weighted by Crippen LogP contribution is -2.37. The molecule has 1 N–H and O–H groups in total. The van der Waals surface area contributed by atoms with E-state index in [1.807, 2.05) is 25.1 Å². The topological polar surface area (TPSA) is 62.4 Å². The van der Waals surface area contributed by atoms with Crippen molar-refractivity contribution in [1.29, 1.82) is 0 Å². The van der Waals surface area contributed by atoms with Gasteiger partial charge in [0.25, 0.3) is 5.91 Å². The highest BCUT2D eigenvalue weighted by molar-refractivity contribution is 6.30. The Hall–Kier alpha value is -2.79. The lowest BCUT2D eigenvalue weighted by molar-refractivity contribution is -0.127. The molecule has 0 saturated heterocycles. The average Bonchev–Trinajstić information content (AvgIpc) is 2.97. The number of benzene rings is 2. The van der Waals surface area contributed by atoms with E-state index in [0.717, 1.165) is 27.9 Å². The molecular weight excluding hydrogens is 364 g/mol. The van der Waals surface area contributed by atoms with Crippen LogP contribution in [-0.4, -0.2) is 35.4 Å². The minimum Gasteiger partial charge on any atom is -0.497 e. The molecule has 140 valence electrons. The van der Waals surface area contributed by atoms with Crippen LogP contribution in [0.5, 0.6) is 5.75 Å². The van der Waals surface area contributed by atoms with Crippen LogP contribution in [0, 0.1) is 6.92 Å². The van der Waals surface area contributed by atoms with E-state index >= 15 is 0 Å². The first kappa shape index (κ1) is 19.0. The third kappa shape index (κ3) is 3.83. The zero-order valence-corrected chi connectivity index (χ0v) is 16.3. The fraction of sp³-hybridized carbons (Fsp3) is 0.238. The van der Waals surface area contributed by atoms with Crippen LogP contribution in [0.2, 0.25) is 5.02 Å². The van der Waals surface area contributed by atoms with Crippen molar-refractivity contribution in [2.45, 2.75) is 20.3 Å². The number of H-pyrrole nitrogens is 1. The summed E-state index contributed by atoms with van der Waals surface area (Å²) >= 11 is 5.88. The normalized spacial score (nSPS) is 10.8. The number of aromatic amines is 1. The molecule has 27 heavy (non-hydrogen) atoms. The van der Waals surface area contributed by atoms with E-state index in [0.29, 0.717) is 17.1 Å². The number of rotatable bonds is 5. The summed E-state index contributed by atoms with van der Waals surface area (Å²) in [6, 6.07) is 12.2. The van der Waals surface area contributed by atoms with Gasteiger partial charge >= 0.3 is 0 Å². The molecule has 2 aromatic carbocycles. The number of ether oxygens (including phenoxy) is 1. The van der Waals surface area contributed by atoms with Crippen LogP contribution in [0.25, 0.3) is 10.9 Å². The van der Waals surface area contributed by atoms with Crippen LogP contribution in [0.15, 0.2) is 42.5 Å². The monoisotopic (exact) mass is 384 g/mol. The fourth-order valence-electron chi connectivity index (χ4n) is 3.14. The molecule has 2 amide bonds. The molecule has 0 aliphatic carbocycles. The van der Waals surface area contributed by atoms with E-state index in [1.54, 1.807) is 38.3 Å².